The molecule has 0 spiro atoms. The normalized spacial score (nSPS) is 11.1. The van der Waals surface area contributed by atoms with Gasteiger partial charge < -0.3 is 14.4 Å². The van der Waals surface area contributed by atoms with Crippen molar-refractivity contribution in [1.29, 1.82) is 0 Å². The highest BCUT2D eigenvalue weighted by atomic mass is 19.2. The summed E-state index contributed by atoms with van der Waals surface area (Å²) >= 11 is 0. The Morgan fingerprint density at radius 3 is 2.85 bits per heavy atom. The summed E-state index contributed by atoms with van der Waals surface area (Å²) in [5.41, 5.74) is 0.951. The minimum atomic E-state index is -1.01. The molecule has 5 rings (SSSR count). The van der Waals surface area contributed by atoms with Gasteiger partial charge in [0.05, 0.1) is 18.7 Å². The quantitative estimate of drug-likeness (QED) is 0.410. The van der Waals surface area contributed by atoms with Crippen molar-refractivity contribution in [3.8, 4) is 11.5 Å². The molecule has 34 heavy (non-hydrogen) atoms. The molecule has 0 radical (unpaired) electrons. The number of carbonyl (C=O) groups is 1. The summed E-state index contributed by atoms with van der Waals surface area (Å²) in [5, 5.41) is 10.5. The van der Waals surface area contributed by atoms with Crippen LogP contribution in [0, 0.1) is 11.6 Å². The summed E-state index contributed by atoms with van der Waals surface area (Å²) < 4.78 is 34.6. The van der Waals surface area contributed by atoms with Gasteiger partial charge in [-0.15, -0.1) is 0 Å². The van der Waals surface area contributed by atoms with E-state index in [0.29, 0.717) is 16.8 Å². The van der Waals surface area contributed by atoms with E-state index in [9.17, 15) is 18.4 Å². The summed E-state index contributed by atoms with van der Waals surface area (Å²) in [6, 6.07) is 9.73. The van der Waals surface area contributed by atoms with Crippen molar-refractivity contribution in [2.45, 2.75) is 13.1 Å². The van der Waals surface area contributed by atoms with Gasteiger partial charge in [-0.3, -0.25) is 9.59 Å². The maximum Gasteiger partial charge on any atom is 0.263 e. The lowest BCUT2D eigenvalue weighted by molar-refractivity contribution is 0.0947. The lowest BCUT2D eigenvalue weighted by Crippen LogP contribution is -2.32. The molecule has 0 aliphatic heterocycles. The van der Waals surface area contributed by atoms with Gasteiger partial charge in [0.2, 0.25) is 0 Å². The van der Waals surface area contributed by atoms with E-state index in [1.807, 2.05) is 0 Å². The summed E-state index contributed by atoms with van der Waals surface area (Å²) in [6.07, 6.45) is 4.55. The van der Waals surface area contributed by atoms with Crippen molar-refractivity contribution in [3.63, 3.8) is 0 Å². The molecule has 10 nitrogen and oxygen atoms in total. The number of fused-ring (bicyclic) bond motifs is 1. The van der Waals surface area contributed by atoms with Crippen LogP contribution in [0.1, 0.15) is 21.7 Å². The van der Waals surface area contributed by atoms with Gasteiger partial charge in [-0.1, -0.05) is 11.2 Å². The molecular weight excluding hydrogens is 448 g/mol. The van der Waals surface area contributed by atoms with Crippen molar-refractivity contribution in [2.24, 2.45) is 0 Å². The van der Waals surface area contributed by atoms with Gasteiger partial charge in [0.25, 0.3) is 17.4 Å². The van der Waals surface area contributed by atoms with E-state index in [-0.39, 0.29) is 30.4 Å². The molecule has 1 aromatic carbocycles. The third kappa shape index (κ3) is 4.16. The Morgan fingerprint density at radius 2 is 2.00 bits per heavy atom. The van der Waals surface area contributed by atoms with E-state index in [0.717, 1.165) is 12.1 Å². The number of hydrogen-bond acceptors (Lipinski definition) is 7. The van der Waals surface area contributed by atoms with E-state index in [2.05, 4.69) is 25.5 Å². The minimum Gasteiger partial charge on any atom is -0.344 e. The highest BCUT2D eigenvalue weighted by molar-refractivity contribution is 5.93. The van der Waals surface area contributed by atoms with Crippen LogP contribution in [0.25, 0.3) is 17.1 Å². The second kappa shape index (κ2) is 8.65. The molecule has 5 aromatic rings. The Balaban J connectivity index is 1.28. The fraction of sp³-hybridized carbons (Fsp3) is 0.0909. The zero-order valence-corrected chi connectivity index (χ0v) is 17.4. The molecule has 0 saturated heterocycles. The van der Waals surface area contributed by atoms with Gasteiger partial charge in [0.1, 0.15) is 11.9 Å². The van der Waals surface area contributed by atoms with E-state index >= 15 is 0 Å². The second-order valence-corrected chi connectivity index (χ2v) is 7.28. The van der Waals surface area contributed by atoms with Crippen LogP contribution in [-0.2, 0) is 13.1 Å². The third-order valence-corrected chi connectivity index (χ3v) is 5.00. The fourth-order valence-corrected chi connectivity index (χ4v) is 3.31. The van der Waals surface area contributed by atoms with Gasteiger partial charge in [-0.2, -0.15) is 10.1 Å². The number of nitrogens with zero attached hydrogens (tertiary/aromatic N) is 6. The topological polar surface area (TPSA) is 120 Å². The monoisotopic (exact) mass is 463 g/mol. The molecule has 4 aromatic heterocycles. The molecule has 0 fully saturated rings. The van der Waals surface area contributed by atoms with E-state index in [4.69, 9.17) is 4.52 Å². The van der Waals surface area contributed by atoms with Gasteiger partial charge >= 0.3 is 0 Å². The standard InChI is InChI=1S/C22H15F2N7O3/c23-16-5-3-13(8-17(16)24)10-30-7-1-2-15(22(30)33)20(32)25-9-18-28-21(34-29-18)14-4-6-19-26-12-27-31(19)11-14/h1-8,11-12H,9-10H2,(H,25,32). The molecule has 0 saturated carbocycles. The zero-order chi connectivity index (χ0) is 23.7. The predicted molar refractivity (Wildman–Crippen MR) is 114 cm³/mol. The predicted octanol–water partition coefficient (Wildman–Crippen LogP) is 2.20. The second-order valence-electron chi connectivity index (χ2n) is 7.28. The van der Waals surface area contributed by atoms with Crippen LogP contribution >= 0.6 is 0 Å². The third-order valence-electron chi connectivity index (χ3n) is 5.00. The number of hydrogen-bond donors (Lipinski definition) is 1. The van der Waals surface area contributed by atoms with Gasteiger partial charge in [0.15, 0.2) is 23.1 Å². The number of amides is 1. The average molecular weight is 463 g/mol. The SMILES string of the molecule is O=C(NCc1noc(-c2ccc3ncnn3c2)n1)c1cccn(Cc2ccc(F)c(F)c2)c1=O. The van der Waals surface area contributed by atoms with Crippen LogP contribution in [0.15, 0.2) is 70.5 Å². The smallest absolute Gasteiger partial charge is 0.263 e. The average Bonchev–Trinajstić information content (AvgIpc) is 3.50. The lowest BCUT2D eigenvalue weighted by Gasteiger charge is -2.08. The highest BCUT2D eigenvalue weighted by Crippen LogP contribution is 2.17. The highest BCUT2D eigenvalue weighted by Gasteiger charge is 2.15. The zero-order valence-electron chi connectivity index (χ0n) is 17.4. The lowest BCUT2D eigenvalue weighted by atomic mass is 10.2. The van der Waals surface area contributed by atoms with Gasteiger partial charge in [0, 0.05) is 12.4 Å². The number of nitrogens with one attached hydrogen (secondary N) is 1. The molecule has 0 aliphatic carbocycles. The molecule has 0 unspecified atom stereocenters. The van der Waals surface area contributed by atoms with Gasteiger partial charge in [-0.05, 0) is 42.0 Å². The van der Waals surface area contributed by atoms with Crippen LogP contribution in [0.2, 0.25) is 0 Å². The number of halogens is 2. The van der Waals surface area contributed by atoms with E-state index < -0.39 is 23.1 Å². The van der Waals surface area contributed by atoms with E-state index in [1.54, 1.807) is 22.8 Å². The maximum atomic E-state index is 13.5. The first-order valence-electron chi connectivity index (χ1n) is 10.0. The Hall–Kier alpha value is -4.74. The Morgan fingerprint density at radius 1 is 1.12 bits per heavy atom. The number of pyridine rings is 2. The Labute approximate surface area is 189 Å². The molecule has 170 valence electrons. The Bertz CT molecular complexity index is 1570. The molecule has 1 N–H and O–H groups in total. The molecular formula is C22H15F2N7O3. The fourth-order valence-electron chi connectivity index (χ4n) is 3.31. The maximum absolute atomic E-state index is 13.5. The van der Waals surface area contributed by atoms with Gasteiger partial charge in [-0.25, -0.2) is 18.3 Å². The van der Waals surface area contributed by atoms with E-state index in [1.165, 1.54) is 35.3 Å². The molecule has 0 bridgehead atoms. The van der Waals surface area contributed by atoms with Crippen LogP contribution in [0.5, 0.6) is 0 Å². The van der Waals surface area contributed by atoms with Crippen molar-refractivity contribution < 1.29 is 18.1 Å². The summed E-state index contributed by atoms with van der Waals surface area (Å²) in [6.45, 7) is -0.104. The van der Waals surface area contributed by atoms with Crippen molar-refractivity contribution in [2.75, 3.05) is 0 Å². The first kappa shape index (κ1) is 21.1. The number of rotatable bonds is 6. The number of carbonyl (C=O) groups excluding carboxylic acids is 1. The molecule has 0 atom stereocenters. The first-order valence-corrected chi connectivity index (χ1v) is 10.0. The van der Waals surface area contributed by atoms with Crippen LogP contribution in [-0.4, -0.2) is 35.2 Å². The first-order chi connectivity index (χ1) is 16.5. The summed E-state index contributed by atoms with van der Waals surface area (Å²) in [5.74, 6) is -2.19. The summed E-state index contributed by atoms with van der Waals surface area (Å²) in [7, 11) is 0. The number of aromatic nitrogens is 6. The Kier molecular flexibility index (Phi) is 5.38. The van der Waals surface area contributed by atoms with Crippen LogP contribution < -0.4 is 10.9 Å². The molecule has 12 heteroatoms. The number of benzene rings is 1. The van der Waals surface area contributed by atoms with Crippen molar-refractivity contribution >= 4 is 11.6 Å². The van der Waals surface area contributed by atoms with Crippen LogP contribution in [0.4, 0.5) is 8.78 Å². The summed E-state index contributed by atoms with van der Waals surface area (Å²) in [4.78, 5) is 33.6. The van der Waals surface area contributed by atoms with Crippen molar-refractivity contribution in [1.82, 2.24) is 34.6 Å². The molecule has 4 heterocycles. The minimum absolute atomic E-state index is 0.0263. The largest absolute Gasteiger partial charge is 0.344 e. The van der Waals surface area contributed by atoms with Crippen molar-refractivity contribution in [3.05, 3.63) is 100 Å². The molecule has 0 aliphatic rings. The molecule has 1 amide bonds. The van der Waals surface area contributed by atoms with Crippen LogP contribution in [0.3, 0.4) is 0 Å².